The Kier molecular flexibility index (Phi) is 5.63. The lowest BCUT2D eigenvalue weighted by atomic mass is 10.1. The van der Waals surface area contributed by atoms with Gasteiger partial charge in [0.1, 0.15) is 5.75 Å². The summed E-state index contributed by atoms with van der Waals surface area (Å²) in [6, 6.07) is 26.6. The van der Waals surface area contributed by atoms with E-state index in [1.165, 1.54) is 17.8 Å². The molecule has 3 aromatic carbocycles. The Balaban J connectivity index is 1.54. The van der Waals surface area contributed by atoms with Crippen LogP contribution in [0.1, 0.15) is 0 Å². The lowest BCUT2D eigenvalue weighted by Crippen LogP contribution is -2.14. The van der Waals surface area contributed by atoms with E-state index in [-0.39, 0.29) is 17.4 Å². The van der Waals surface area contributed by atoms with E-state index >= 15 is 0 Å². The minimum absolute atomic E-state index is 0.0431. The molecule has 0 saturated carbocycles. The monoisotopic (exact) mass is 401 g/mol. The van der Waals surface area contributed by atoms with Crippen molar-refractivity contribution in [1.29, 1.82) is 0 Å². The summed E-state index contributed by atoms with van der Waals surface area (Å²) in [5.41, 5.74) is 4.20. The second-order valence-electron chi connectivity index (χ2n) is 6.35. The third kappa shape index (κ3) is 4.50. The fourth-order valence-electron chi connectivity index (χ4n) is 2.94. The maximum absolute atomic E-state index is 12.3. The van der Waals surface area contributed by atoms with Crippen LogP contribution in [0.4, 0.5) is 5.69 Å². The number of hydrogen-bond acceptors (Lipinski definition) is 4. The molecule has 0 fully saturated rings. The van der Waals surface area contributed by atoms with Gasteiger partial charge in [0.25, 0.3) is 0 Å². The summed E-state index contributed by atoms with van der Waals surface area (Å²) >= 11 is 1.32. The quantitative estimate of drug-likeness (QED) is 0.307. The largest absolute Gasteiger partial charge is 0.506 e. The molecule has 0 spiro atoms. The fraction of sp³-hybridized carbons (Fsp3) is 0.0435. The van der Waals surface area contributed by atoms with Crippen LogP contribution in [0.2, 0.25) is 0 Å². The molecule has 0 atom stereocenters. The number of imidazole rings is 1. The molecule has 0 saturated heterocycles. The number of rotatable bonds is 6. The standard InChI is InChI=1S/C23H19N3O2S/c27-19-14-8-7-13-18(19)24-20(28)15-29-23-25-21(16-9-3-1-4-10-16)22(26-23)17-11-5-2-6-12-17/h1-14,27H,15H2,(H,24,28)(H,25,26). The highest BCUT2D eigenvalue weighted by Crippen LogP contribution is 2.32. The average Bonchev–Trinajstić information content (AvgIpc) is 3.20. The van der Waals surface area contributed by atoms with Gasteiger partial charge in [-0.1, -0.05) is 84.6 Å². The molecule has 1 heterocycles. The highest BCUT2D eigenvalue weighted by atomic mass is 32.2. The molecule has 3 N–H and O–H groups in total. The van der Waals surface area contributed by atoms with E-state index < -0.39 is 0 Å². The number of phenolic OH excluding ortho intramolecular Hbond substituents is 1. The number of benzene rings is 3. The maximum atomic E-state index is 12.3. The number of nitrogens with one attached hydrogen (secondary N) is 2. The Bertz CT molecular complexity index is 1050. The van der Waals surface area contributed by atoms with Crippen molar-refractivity contribution in [2.45, 2.75) is 5.16 Å². The number of carbonyl (C=O) groups is 1. The highest BCUT2D eigenvalue weighted by molar-refractivity contribution is 7.99. The van der Waals surface area contributed by atoms with E-state index in [2.05, 4.69) is 10.3 Å². The molecule has 0 radical (unpaired) electrons. The number of H-pyrrole nitrogens is 1. The first-order chi connectivity index (χ1) is 14.2. The molecule has 29 heavy (non-hydrogen) atoms. The molecular formula is C23H19N3O2S. The minimum Gasteiger partial charge on any atom is -0.506 e. The number of anilines is 1. The van der Waals surface area contributed by atoms with E-state index in [1.54, 1.807) is 18.2 Å². The molecule has 144 valence electrons. The average molecular weight is 401 g/mol. The van der Waals surface area contributed by atoms with Crippen molar-refractivity contribution < 1.29 is 9.90 Å². The van der Waals surface area contributed by atoms with Crippen LogP contribution in [0, 0.1) is 0 Å². The van der Waals surface area contributed by atoms with E-state index in [0.29, 0.717) is 10.8 Å². The van der Waals surface area contributed by atoms with Crippen molar-refractivity contribution in [2.24, 2.45) is 0 Å². The number of aromatic amines is 1. The Hall–Kier alpha value is -3.51. The van der Waals surface area contributed by atoms with Crippen molar-refractivity contribution >= 4 is 23.4 Å². The van der Waals surface area contributed by atoms with Gasteiger partial charge in [0.15, 0.2) is 5.16 Å². The summed E-state index contributed by atoms with van der Waals surface area (Å²) < 4.78 is 0. The summed E-state index contributed by atoms with van der Waals surface area (Å²) in [6.45, 7) is 0. The number of carbonyl (C=O) groups excluding carboxylic acids is 1. The molecule has 6 heteroatoms. The Morgan fingerprint density at radius 3 is 2.21 bits per heavy atom. The van der Waals surface area contributed by atoms with Crippen molar-refractivity contribution in [3.05, 3.63) is 84.9 Å². The van der Waals surface area contributed by atoms with Gasteiger partial charge < -0.3 is 15.4 Å². The predicted octanol–water partition coefficient (Wildman–Crippen LogP) is 5.18. The van der Waals surface area contributed by atoms with Crippen LogP contribution in [0.25, 0.3) is 22.5 Å². The van der Waals surface area contributed by atoms with Crippen molar-refractivity contribution in [1.82, 2.24) is 9.97 Å². The summed E-state index contributed by atoms with van der Waals surface area (Å²) in [4.78, 5) is 20.4. The molecule has 0 unspecified atom stereocenters. The molecule has 4 aromatic rings. The summed E-state index contributed by atoms with van der Waals surface area (Å²) in [5.74, 6) is 0.00149. The molecule has 0 aliphatic carbocycles. The zero-order valence-corrected chi connectivity index (χ0v) is 16.3. The topological polar surface area (TPSA) is 78.0 Å². The van der Waals surface area contributed by atoms with Gasteiger partial charge >= 0.3 is 0 Å². The van der Waals surface area contributed by atoms with Crippen LogP contribution < -0.4 is 5.32 Å². The highest BCUT2D eigenvalue weighted by Gasteiger charge is 2.15. The number of thioether (sulfide) groups is 1. The minimum atomic E-state index is -0.213. The summed E-state index contributed by atoms with van der Waals surface area (Å²) in [5, 5.41) is 13.2. The van der Waals surface area contributed by atoms with Gasteiger partial charge in [-0.15, -0.1) is 0 Å². The summed E-state index contributed by atoms with van der Waals surface area (Å²) in [6.07, 6.45) is 0. The predicted molar refractivity (Wildman–Crippen MR) is 117 cm³/mol. The van der Waals surface area contributed by atoms with Crippen LogP contribution in [0.5, 0.6) is 5.75 Å². The lowest BCUT2D eigenvalue weighted by molar-refractivity contribution is -0.113. The third-order valence-electron chi connectivity index (χ3n) is 4.31. The van der Waals surface area contributed by atoms with Gasteiger partial charge in [-0.2, -0.15) is 0 Å². The Morgan fingerprint density at radius 1 is 0.897 bits per heavy atom. The lowest BCUT2D eigenvalue weighted by Gasteiger charge is -2.05. The van der Waals surface area contributed by atoms with Gasteiger partial charge in [0.05, 0.1) is 22.8 Å². The van der Waals surface area contributed by atoms with Crippen LogP contribution in [-0.4, -0.2) is 26.7 Å². The fourth-order valence-corrected chi connectivity index (χ4v) is 3.61. The van der Waals surface area contributed by atoms with Gasteiger partial charge in [-0.05, 0) is 12.1 Å². The smallest absolute Gasteiger partial charge is 0.234 e. The zero-order valence-electron chi connectivity index (χ0n) is 15.5. The second-order valence-corrected chi connectivity index (χ2v) is 7.32. The number of amides is 1. The number of para-hydroxylation sites is 2. The molecule has 4 rings (SSSR count). The second kappa shape index (κ2) is 8.67. The van der Waals surface area contributed by atoms with E-state index in [9.17, 15) is 9.90 Å². The molecule has 0 aliphatic rings. The SMILES string of the molecule is O=C(CSc1nc(-c2ccccc2)c(-c2ccccc2)[nH]1)Nc1ccccc1O. The maximum Gasteiger partial charge on any atom is 0.234 e. The Labute approximate surface area is 172 Å². The van der Waals surface area contributed by atoms with Gasteiger partial charge in [-0.3, -0.25) is 4.79 Å². The third-order valence-corrected chi connectivity index (χ3v) is 5.18. The van der Waals surface area contributed by atoms with Crippen molar-refractivity contribution in [3.8, 4) is 28.3 Å². The van der Waals surface area contributed by atoms with Gasteiger partial charge in [-0.25, -0.2) is 4.98 Å². The Morgan fingerprint density at radius 2 is 1.52 bits per heavy atom. The van der Waals surface area contributed by atoms with Gasteiger partial charge in [0, 0.05) is 11.1 Å². The number of hydrogen-bond donors (Lipinski definition) is 3. The van der Waals surface area contributed by atoms with E-state index in [4.69, 9.17) is 4.98 Å². The molecule has 0 bridgehead atoms. The molecule has 1 aromatic heterocycles. The van der Waals surface area contributed by atoms with Crippen LogP contribution in [0.15, 0.2) is 90.1 Å². The van der Waals surface area contributed by atoms with E-state index in [1.807, 2.05) is 60.7 Å². The molecule has 1 amide bonds. The van der Waals surface area contributed by atoms with Crippen LogP contribution in [0.3, 0.4) is 0 Å². The first kappa shape index (κ1) is 18.8. The molecule has 5 nitrogen and oxygen atoms in total. The normalized spacial score (nSPS) is 10.6. The number of aromatic hydroxyl groups is 1. The van der Waals surface area contributed by atoms with Crippen LogP contribution >= 0.6 is 11.8 Å². The molecule has 0 aliphatic heterocycles. The summed E-state index contributed by atoms with van der Waals surface area (Å²) in [7, 11) is 0. The van der Waals surface area contributed by atoms with Crippen molar-refractivity contribution in [2.75, 3.05) is 11.1 Å². The van der Waals surface area contributed by atoms with E-state index in [0.717, 1.165) is 22.5 Å². The first-order valence-electron chi connectivity index (χ1n) is 9.12. The zero-order chi connectivity index (χ0) is 20.1. The van der Waals surface area contributed by atoms with Crippen LogP contribution in [-0.2, 0) is 4.79 Å². The first-order valence-corrected chi connectivity index (χ1v) is 10.1. The van der Waals surface area contributed by atoms with Crippen molar-refractivity contribution in [3.63, 3.8) is 0 Å². The van der Waals surface area contributed by atoms with Gasteiger partial charge in [0.2, 0.25) is 5.91 Å². The number of nitrogens with zero attached hydrogens (tertiary/aromatic N) is 1. The molecular weight excluding hydrogens is 382 g/mol. The number of phenols is 1. The number of aromatic nitrogens is 2.